The molecular formula is C19H24FN3O2. The fraction of sp³-hybridized carbons (Fsp3) is 0.316. The number of aliphatic imine (C=N–C) groups is 1. The van der Waals surface area contributed by atoms with Crippen LogP contribution in [0.3, 0.4) is 0 Å². The predicted octanol–water partition coefficient (Wildman–Crippen LogP) is 2.76. The number of hydrogen-bond acceptors (Lipinski definition) is 3. The molecule has 0 heterocycles. The van der Waals surface area contributed by atoms with Crippen LogP contribution in [0.2, 0.25) is 0 Å². The van der Waals surface area contributed by atoms with Gasteiger partial charge in [-0.2, -0.15) is 0 Å². The maximum absolute atomic E-state index is 13.0. The molecule has 0 saturated carbocycles. The van der Waals surface area contributed by atoms with E-state index in [-0.39, 0.29) is 11.9 Å². The van der Waals surface area contributed by atoms with E-state index in [1.807, 2.05) is 30.3 Å². The van der Waals surface area contributed by atoms with E-state index in [0.29, 0.717) is 25.7 Å². The Morgan fingerprint density at radius 1 is 1.08 bits per heavy atom. The van der Waals surface area contributed by atoms with Gasteiger partial charge in [0.1, 0.15) is 18.2 Å². The molecule has 0 aliphatic heterocycles. The predicted molar refractivity (Wildman–Crippen MR) is 97.5 cm³/mol. The van der Waals surface area contributed by atoms with Gasteiger partial charge >= 0.3 is 0 Å². The molecule has 0 radical (unpaired) electrons. The second kappa shape index (κ2) is 10.3. The number of nitrogens with zero attached hydrogens (tertiary/aromatic N) is 1. The average molecular weight is 345 g/mol. The van der Waals surface area contributed by atoms with Crippen molar-refractivity contribution in [3.8, 4) is 5.75 Å². The van der Waals surface area contributed by atoms with Crippen LogP contribution in [0.5, 0.6) is 5.75 Å². The normalized spacial score (nSPS) is 12.5. The van der Waals surface area contributed by atoms with Gasteiger partial charge in [0, 0.05) is 20.7 Å². The monoisotopic (exact) mass is 345 g/mol. The molecule has 0 aliphatic rings. The molecule has 2 N–H and O–H groups in total. The van der Waals surface area contributed by atoms with Crippen molar-refractivity contribution in [2.45, 2.75) is 6.10 Å². The summed E-state index contributed by atoms with van der Waals surface area (Å²) < 4.78 is 24.1. The SMILES string of the molecule is CN=C(NCCOc1ccccc1)NCC(OC)c1ccc(F)cc1. The smallest absolute Gasteiger partial charge is 0.191 e. The van der Waals surface area contributed by atoms with Gasteiger partial charge < -0.3 is 20.1 Å². The van der Waals surface area contributed by atoms with Gasteiger partial charge in [0.25, 0.3) is 0 Å². The van der Waals surface area contributed by atoms with Crippen molar-refractivity contribution in [1.82, 2.24) is 10.6 Å². The molecule has 134 valence electrons. The Hall–Kier alpha value is -2.60. The summed E-state index contributed by atoms with van der Waals surface area (Å²) in [5, 5.41) is 6.37. The van der Waals surface area contributed by atoms with Gasteiger partial charge in [-0.1, -0.05) is 30.3 Å². The maximum atomic E-state index is 13.0. The third-order valence-electron chi connectivity index (χ3n) is 3.61. The minimum atomic E-state index is -0.262. The maximum Gasteiger partial charge on any atom is 0.191 e. The zero-order chi connectivity index (χ0) is 17.9. The van der Waals surface area contributed by atoms with Crippen molar-refractivity contribution < 1.29 is 13.9 Å². The van der Waals surface area contributed by atoms with Crippen LogP contribution in [0.4, 0.5) is 4.39 Å². The van der Waals surface area contributed by atoms with E-state index < -0.39 is 0 Å². The first-order chi connectivity index (χ1) is 12.2. The lowest BCUT2D eigenvalue weighted by Crippen LogP contribution is -2.41. The zero-order valence-electron chi connectivity index (χ0n) is 14.5. The van der Waals surface area contributed by atoms with E-state index in [9.17, 15) is 4.39 Å². The van der Waals surface area contributed by atoms with Crippen molar-refractivity contribution in [2.24, 2.45) is 4.99 Å². The van der Waals surface area contributed by atoms with Crippen LogP contribution in [0.1, 0.15) is 11.7 Å². The summed E-state index contributed by atoms with van der Waals surface area (Å²) in [7, 11) is 3.33. The Balaban J connectivity index is 1.74. The number of halogens is 1. The van der Waals surface area contributed by atoms with E-state index in [1.165, 1.54) is 12.1 Å². The summed E-state index contributed by atoms with van der Waals surface area (Å²) in [6, 6.07) is 15.9. The molecule has 0 amide bonds. The number of rotatable bonds is 8. The Bertz CT molecular complexity index is 647. The molecule has 2 aromatic carbocycles. The Morgan fingerprint density at radius 3 is 2.44 bits per heavy atom. The quantitative estimate of drug-likeness (QED) is 0.439. The molecule has 0 fully saturated rings. The fourth-order valence-corrected chi connectivity index (χ4v) is 2.28. The van der Waals surface area contributed by atoms with Crippen LogP contribution in [0.15, 0.2) is 59.6 Å². The lowest BCUT2D eigenvalue weighted by Gasteiger charge is -2.19. The van der Waals surface area contributed by atoms with Gasteiger partial charge in [-0.15, -0.1) is 0 Å². The van der Waals surface area contributed by atoms with Crippen LogP contribution in [-0.4, -0.2) is 39.8 Å². The van der Waals surface area contributed by atoms with Crippen LogP contribution < -0.4 is 15.4 Å². The molecule has 6 heteroatoms. The highest BCUT2D eigenvalue weighted by molar-refractivity contribution is 5.79. The molecule has 1 atom stereocenters. The van der Waals surface area contributed by atoms with Crippen molar-refractivity contribution in [3.63, 3.8) is 0 Å². The number of para-hydroxylation sites is 1. The summed E-state index contributed by atoms with van der Waals surface area (Å²) >= 11 is 0. The zero-order valence-corrected chi connectivity index (χ0v) is 14.5. The first-order valence-corrected chi connectivity index (χ1v) is 8.13. The third-order valence-corrected chi connectivity index (χ3v) is 3.61. The van der Waals surface area contributed by atoms with Crippen molar-refractivity contribution in [2.75, 3.05) is 33.9 Å². The van der Waals surface area contributed by atoms with Crippen molar-refractivity contribution in [3.05, 3.63) is 66.0 Å². The number of benzene rings is 2. The van der Waals surface area contributed by atoms with Gasteiger partial charge in [-0.25, -0.2) is 4.39 Å². The topological polar surface area (TPSA) is 54.9 Å². The largest absolute Gasteiger partial charge is 0.492 e. The van der Waals surface area contributed by atoms with E-state index >= 15 is 0 Å². The van der Waals surface area contributed by atoms with Gasteiger partial charge in [0.05, 0.1) is 12.6 Å². The number of hydrogen-bond donors (Lipinski definition) is 2. The molecule has 0 spiro atoms. The minimum absolute atomic E-state index is 0.195. The molecular weight excluding hydrogens is 321 g/mol. The van der Waals surface area contributed by atoms with Crippen LogP contribution in [0, 0.1) is 5.82 Å². The average Bonchev–Trinajstić information content (AvgIpc) is 2.66. The third kappa shape index (κ3) is 6.43. The summed E-state index contributed by atoms with van der Waals surface area (Å²) in [6.07, 6.45) is -0.195. The highest BCUT2D eigenvalue weighted by Gasteiger charge is 2.11. The Morgan fingerprint density at radius 2 is 1.80 bits per heavy atom. The molecule has 1 unspecified atom stereocenters. The Kier molecular flexibility index (Phi) is 7.72. The van der Waals surface area contributed by atoms with Crippen molar-refractivity contribution in [1.29, 1.82) is 0 Å². The van der Waals surface area contributed by atoms with Gasteiger partial charge in [-0.3, -0.25) is 4.99 Å². The van der Waals surface area contributed by atoms with E-state index in [1.54, 1.807) is 26.3 Å². The van der Waals surface area contributed by atoms with Gasteiger partial charge in [0.15, 0.2) is 5.96 Å². The minimum Gasteiger partial charge on any atom is -0.492 e. The second-order valence-electron chi connectivity index (χ2n) is 5.32. The van der Waals surface area contributed by atoms with Crippen LogP contribution >= 0.6 is 0 Å². The molecule has 5 nitrogen and oxygen atoms in total. The lowest BCUT2D eigenvalue weighted by atomic mass is 10.1. The first-order valence-electron chi connectivity index (χ1n) is 8.13. The van der Waals surface area contributed by atoms with Crippen LogP contribution in [0.25, 0.3) is 0 Å². The molecule has 25 heavy (non-hydrogen) atoms. The molecule has 2 aromatic rings. The number of methoxy groups -OCH3 is 1. The highest BCUT2D eigenvalue weighted by Crippen LogP contribution is 2.16. The highest BCUT2D eigenvalue weighted by atomic mass is 19.1. The van der Waals surface area contributed by atoms with E-state index in [2.05, 4.69) is 15.6 Å². The van der Waals surface area contributed by atoms with E-state index in [0.717, 1.165) is 11.3 Å². The number of ether oxygens (including phenoxy) is 2. The van der Waals surface area contributed by atoms with Gasteiger partial charge in [-0.05, 0) is 29.8 Å². The molecule has 0 aromatic heterocycles. The Labute approximate surface area is 147 Å². The molecule has 0 saturated heterocycles. The fourth-order valence-electron chi connectivity index (χ4n) is 2.28. The van der Waals surface area contributed by atoms with Crippen LogP contribution in [-0.2, 0) is 4.74 Å². The summed E-state index contributed by atoms with van der Waals surface area (Å²) in [5.74, 6) is 1.23. The summed E-state index contributed by atoms with van der Waals surface area (Å²) in [4.78, 5) is 4.17. The second-order valence-corrected chi connectivity index (χ2v) is 5.32. The number of guanidine groups is 1. The standard InChI is InChI=1S/C19H24FN3O2/c1-21-19(22-12-13-25-17-6-4-3-5-7-17)23-14-18(24-2)15-8-10-16(20)11-9-15/h3-11,18H,12-14H2,1-2H3,(H2,21,22,23). The van der Waals surface area contributed by atoms with E-state index in [4.69, 9.17) is 9.47 Å². The van der Waals surface area contributed by atoms with Crippen molar-refractivity contribution >= 4 is 5.96 Å². The summed E-state index contributed by atoms with van der Waals surface area (Å²) in [6.45, 7) is 1.65. The molecule has 2 rings (SSSR count). The molecule has 0 aliphatic carbocycles. The number of nitrogens with one attached hydrogen (secondary N) is 2. The summed E-state index contributed by atoms with van der Waals surface area (Å²) in [5.41, 5.74) is 0.902. The first kappa shape index (κ1) is 18.7. The molecule has 0 bridgehead atoms. The lowest BCUT2D eigenvalue weighted by molar-refractivity contribution is 0.106. The van der Waals surface area contributed by atoms with Gasteiger partial charge in [0.2, 0.25) is 0 Å².